The quantitative estimate of drug-likeness (QED) is 0.584. The zero-order chi connectivity index (χ0) is 11.1. The second-order valence-electron chi connectivity index (χ2n) is 3.30. The van der Waals surface area contributed by atoms with Crippen LogP contribution in [-0.2, 0) is 0 Å². The van der Waals surface area contributed by atoms with Gasteiger partial charge < -0.3 is 4.98 Å². The third-order valence-corrected chi connectivity index (χ3v) is 2.37. The van der Waals surface area contributed by atoms with E-state index < -0.39 is 0 Å². The van der Waals surface area contributed by atoms with Crippen molar-refractivity contribution in [1.29, 1.82) is 5.26 Å². The van der Waals surface area contributed by atoms with Crippen molar-refractivity contribution in [2.24, 2.45) is 0 Å². The third-order valence-electron chi connectivity index (χ3n) is 2.37. The molecule has 0 radical (unpaired) electrons. The van der Waals surface area contributed by atoms with Crippen LogP contribution in [0.3, 0.4) is 0 Å². The minimum Gasteiger partial charge on any atom is -0.305 e. The number of fused-ring (bicyclic) bond motifs is 3. The number of rotatable bonds is 0. The molecule has 76 valence electrons. The first-order valence-electron chi connectivity index (χ1n) is 4.55. The molecule has 0 amide bonds. The van der Waals surface area contributed by atoms with Crippen LogP contribution in [0.4, 0.5) is 0 Å². The number of hydrogen-bond donors (Lipinski definition) is 1. The van der Waals surface area contributed by atoms with Gasteiger partial charge in [0, 0.05) is 5.39 Å². The molecule has 6 heteroatoms. The molecule has 3 aromatic rings. The highest BCUT2D eigenvalue weighted by Crippen LogP contribution is 2.15. The van der Waals surface area contributed by atoms with E-state index in [9.17, 15) is 4.79 Å². The van der Waals surface area contributed by atoms with Crippen LogP contribution in [0.1, 0.15) is 5.56 Å². The van der Waals surface area contributed by atoms with E-state index in [2.05, 4.69) is 15.1 Å². The molecular formula is C10H5N5O. The standard InChI is InChI=1S/C10H5N5O/c11-4-6-1-2-7-8(3-6)14-10(16)15-9(7)12-5-13-15/h1-3,5H,(H,14,16). The Bertz CT molecular complexity index is 792. The fraction of sp³-hybridized carbons (Fsp3) is 0. The molecule has 6 nitrogen and oxygen atoms in total. The molecule has 0 atom stereocenters. The van der Waals surface area contributed by atoms with E-state index >= 15 is 0 Å². The highest BCUT2D eigenvalue weighted by molar-refractivity contribution is 5.91. The molecule has 0 spiro atoms. The van der Waals surface area contributed by atoms with E-state index in [4.69, 9.17) is 5.26 Å². The second-order valence-corrected chi connectivity index (χ2v) is 3.30. The van der Waals surface area contributed by atoms with Gasteiger partial charge in [-0.25, -0.2) is 9.78 Å². The summed E-state index contributed by atoms with van der Waals surface area (Å²) in [6.45, 7) is 0. The van der Waals surface area contributed by atoms with Gasteiger partial charge in [0.15, 0.2) is 5.65 Å². The van der Waals surface area contributed by atoms with Crippen molar-refractivity contribution in [1.82, 2.24) is 19.6 Å². The lowest BCUT2D eigenvalue weighted by Crippen LogP contribution is -2.17. The Morgan fingerprint density at radius 2 is 2.31 bits per heavy atom. The predicted octanol–water partition coefficient (Wildman–Crippen LogP) is 0.442. The second kappa shape index (κ2) is 2.90. The lowest BCUT2D eigenvalue weighted by atomic mass is 10.2. The van der Waals surface area contributed by atoms with Gasteiger partial charge in [0.2, 0.25) is 0 Å². The number of nitrogens with one attached hydrogen (secondary N) is 1. The van der Waals surface area contributed by atoms with Gasteiger partial charge in [-0.1, -0.05) is 0 Å². The van der Waals surface area contributed by atoms with Gasteiger partial charge in [0.25, 0.3) is 0 Å². The Labute approximate surface area is 88.8 Å². The molecule has 1 N–H and O–H groups in total. The van der Waals surface area contributed by atoms with Crippen LogP contribution >= 0.6 is 0 Å². The van der Waals surface area contributed by atoms with Gasteiger partial charge in [-0.2, -0.15) is 14.9 Å². The van der Waals surface area contributed by atoms with Crippen LogP contribution in [-0.4, -0.2) is 19.6 Å². The van der Waals surface area contributed by atoms with Crippen molar-refractivity contribution < 1.29 is 0 Å². The number of hydrogen-bond acceptors (Lipinski definition) is 4. The summed E-state index contributed by atoms with van der Waals surface area (Å²) in [6, 6.07) is 7.05. The van der Waals surface area contributed by atoms with Gasteiger partial charge >= 0.3 is 5.69 Å². The summed E-state index contributed by atoms with van der Waals surface area (Å²) in [5.74, 6) is 0. The van der Waals surface area contributed by atoms with Crippen molar-refractivity contribution in [2.45, 2.75) is 0 Å². The summed E-state index contributed by atoms with van der Waals surface area (Å²) >= 11 is 0. The normalized spacial score (nSPS) is 10.7. The highest BCUT2D eigenvalue weighted by Gasteiger charge is 2.06. The van der Waals surface area contributed by atoms with E-state index in [1.54, 1.807) is 18.2 Å². The van der Waals surface area contributed by atoms with E-state index in [1.807, 2.05) is 6.07 Å². The number of nitriles is 1. The fourth-order valence-electron chi connectivity index (χ4n) is 1.65. The average Bonchev–Trinajstić information content (AvgIpc) is 2.78. The van der Waals surface area contributed by atoms with E-state index in [1.165, 1.54) is 10.8 Å². The van der Waals surface area contributed by atoms with Crippen LogP contribution in [0.15, 0.2) is 29.3 Å². The molecule has 0 unspecified atom stereocenters. The minimum absolute atomic E-state index is 0.366. The number of aromatic nitrogens is 4. The van der Waals surface area contributed by atoms with Crippen molar-refractivity contribution in [3.8, 4) is 6.07 Å². The highest BCUT2D eigenvalue weighted by atomic mass is 16.1. The number of aromatic amines is 1. The summed E-state index contributed by atoms with van der Waals surface area (Å²) in [4.78, 5) is 18.2. The Morgan fingerprint density at radius 1 is 1.44 bits per heavy atom. The molecule has 2 aromatic heterocycles. The maximum Gasteiger partial charge on any atom is 0.348 e. The molecule has 0 fully saturated rings. The van der Waals surface area contributed by atoms with Crippen LogP contribution < -0.4 is 5.69 Å². The molecule has 0 aliphatic heterocycles. The molecule has 0 saturated heterocycles. The molecule has 16 heavy (non-hydrogen) atoms. The van der Waals surface area contributed by atoms with Crippen molar-refractivity contribution in [3.63, 3.8) is 0 Å². The van der Waals surface area contributed by atoms with E-state index in [-0.39, 0.29) is 5.69 Å². The molecule has 1 aromatic carbocycles. The molecule has 0 aliphatic rings. The Morgan fingerprint density at radius 3 is 3.12 bits per heavy atom. The molecule has 3 rings (SSSR count). The molecule has 0 aliphatic carbocycles. The van der Waals surface area contributed by atoms with Crippen LogP contribution in [0, 0.1) is 11.3 Å². The average molecular weight is 211 g/mol. The number of H-pyrrole nitrogens is 1. The predicted molar refractivity (Wildman–Crippen MR) is 55.8 cm³/mol. The first-order valence-corrected chi connectivity index (χ1v) is 4.55. The lowest BCUT2D eigenvalue weighted by molar-refractivity contribution is 0.881. The third kappa shape index (κ3) is 1.02. The van der Waals surface area contributed by atoms with Crippen molar-refractivity contribution >= 4 is 16.6 Å². The van der Waals surface area contributed by atoms with Gasteiger partial charge in [-0.3, -0.25) is 0 Å². The summed E-state index contributed by atoms with van der Waals surface area (Å²) in [5, 5.41) is 13.3. The maximum absolute atomic E-state index is 11.6. The summed E-state index contributed by atoms with van der Waals surface area (Å²) < 4.78 is 1.19. The summed E-state index contributed by atoms with van der Waals surface area (Å²) in [7, 11) is 0. The SMILES string of the molecule is N#Cc1ccc2c(c1)[nH]c(=O)n1ncnc21. The number of benzene rings is 1. The van der Waals surface area contributed by atoms with Gasteiger partial charge in [-0.05, 0) is 18.2 Å². The molecule has 2 heterocycles. The molecular weight excluding hydrogens is 206 g/mol. The Balaban J connectivity index is 2.59. The summed E-state index contributed by atoms with van der Waals surface area (Å²) in [6.07, 6.45) is 1.32. The first-order chi connectivity index (χ1) is 7.79. The maximum atomic E-state index is 11.6. The monoisotopic (exact) mass is 211 g/mol. The largest absolute Gasteiger partial charge is 0.348 e. The van der Waals surface area contributed by atoms with Gasteiger partial charge in [0.1, 0.15) is 6.33 Å². The summed E-state index contributed by atoms with van der Waals surface area (Å²) in [5.41, 5.74) is 1.20. The lowest BCUT2D eigenvalue weighted by Gasteiger charge is -1.99. The zero-order valence-electron chi connectivity index (χ0n) is 8.01. The Hall–Kier alpha value is -2.68. The van der Waals surface area contributed by atoms with E-state index in [0.717, 1.165) is 5.39 Å². The van der Waals surface area contributed by atoms with Crippen LogP contribution in [0.5, 0.6) is 0 Å². The molecule has 0 bridgehead atoms. The van der Waals surface area contributed by atoms with E-state index in [0.29, 0.717) is 16.7 Å². The fourth-order valence-corrected chi connectivity index (χ4v) is 1.65. The van der Waals surface area contributed by atoms with Crippen LogP contribution in [0.25, 0.3) is 16.6 Å². The minimum atomic E-state index is -0.366. The smallest absolute Gasteiger partial charge is 0.305 e. The first kappa shape index (κ1) is 8.61. The van der Waals surface area contributed by atoms with Crippen molar-refractivity contribution in [3.05, 3.63) is 40.6 Å². The zero-order valence-corrected chi connectivity index (χ0v) is 8.01. The Kier molecular flexibility index (Phi) is 1.56. The van der Waals surface area contributed by atoms with Crippen LogP contribution in [0.2, 0.25) is 0 Å². The number of nitrogens with zero attached hydrogens (tertiary/aromatic N) is 4. The topological polar surface area (TPSA) is 86.8 Å². The van der Waals surface area contributed by atoms with Gasteiger partial charge in [0.05, 0.1) is 17.1 Å². The molecule has 0 saturated carbocycles. The van der Waals surface area contributed by atoms with Gasteiger partial charge in [-0.15, -0.1) is 0 Å². The van der Waals surface area contributed by atoms with Crippen molar-refractivity contribution in [2.75, 3.05) is 0 Å².